The standard InChI is InChI=1S/C20H23FN2O3/c1-3-26-19(25)17-14-8-13(7-12-4-5-15(21)11(2)6-12)20(10-23,18(14)17)16(24)9-22/h4-6,13-14,17-18H,3,7-9,22H2,1-2H3/t13-,14+,17+,18+,20-/m1/s1. The first kappa shape index (κ1) is 18.5. The molecule has 0 aliphatic heterocycles. The first-order valence-corrected chi connectivity index (χ1v) is 8.96. The summed E-state index contributed by atoms with van der Waals surface area (Å²) in [4.78, 5) is 24.9. The molecule has 0 aromatic heterocycles. The van der Waals surface area contributed by atoms with E-state index in [9.17, 15) is 19.2 Å². The highest BCUT2D eigenvalue weighted by Crippen LogP contribution is 2.69. The van der Waals surface area contributed by atoms with E-state index < -0.39 is 11.3 Å². The monoisotopic (exact) mass is 358 g/mol. The van der Waals surface area contributed by atoms with Crippen LogP contribution >= 0.6 is 0 Å². The van der Waals surface area contributed by atoms with E-state index in [0.717, 1.165) is 5.56 Å². The number of esters is 1. The Morgan fingerprint density at radius 1 is 1.46 bits per heavy atom. The minimum Gasteiger partial charge on any atom is -0.466 e. The summed E-state index contributed by atoms with van der Waals surface area (Å²) in [6.07, 6.45) is 1.09. The lowest BCUT2D eigenvalue weighted by Gasteiger charge is -2.31. The Hall–Kier alpha value is -2.26. The van der Waals surface area contributed by atoms with Gasteiger partial charge in [0.15, 0.2) is 5.78 Å². The minimum absolute atomic E-state index is 0.0178. The van der Waals surface area contributed by atoms with Crippen LogP contribution in [0.25, 0.3) is 0 Å². The van der Waals surface area contributed by atoms with Gasteiger partial charge in [0.2, 0.25) is 0 Å². The number of rotatable bonds is 6. The second-order valence-electron chi connectivity index (χ2n) is 7.30. The van der Waals surface area contributed by atoms with Gasteiger partial charge < -0.3 is 10.5 Å². The topological polar surface area (TPSA) is 93.2 Å². The van der Waals surface area contributed by atoms with Crippen LogP contribution in [0.5, 0.6) is 0 Å². The maximum atomic E-state index is 13.5. The number of nitriles is 1. The Morgan fingerprint density at radius 3 is 2.77 bits per heavy atom. The molecule has 0 spiro atoms. The van der Waals surface area contributed by atoms with Crippen LogP contribution in [0.2, 0.25) is 0 Å². The summed E-state index contributed by atoms with van der Waals surface area (Å²) in [5.74, 6) is -1.89. The van der Waals surface area contributed by atoms with E-state index in [1.54, 1.807) is 26.0 Å². The Labute approximate surface area is 152 Å². The summed E-state index contributed by atoms with van der Waals surface area (Å²) in [6, 6.07) is 7.07. The lowest BCUT2D eigenvalue weighted by atomic mass is 9.68. The van der Waals surface area contributed by atoms with Gasteiger partial charge in [0, 0.05) is 5.92 Å². The number of hydrogen-bond donors (Lipinski definition) is 1. The number of ether oxygens (including phenoxy) is 1. The number of Topliss-reactive ketones (excluding diaryl/α,β-unsaturated/α-hetero) is 1. The van der Waals surface area contributed by atoms with Gasteiger partial charge in [-0.15, -0.1) is 0 Å². The number of benzene rings is 1. The summed E-state index contributed by atoms with van der Waals surface area (Å²) in [5.41, 5.74) is 5.75. The molecule has 1 aromatic rings. The lowest BCUT2D eigenvalue weighted by Crippen LogP contribution is -2.43. The van der Waals surface area contributed by atoms with Gasteiger partial charge in [-0.05, 0) is 55.7 Å². The second-order valence-corrected chi connectivity index (χ2v) is 7.30. The number of carbonyl (C=O) groups excluding carboxylic acids is 2. The normalized spacial score (nSPS) is 31.8. The third-order valence-corrected chi connectivity index (χ3v) is 5.99. The number of fused-ring (bicyclic) bond motifs is 1. The highest BCUT2D eigenvalue weighted by Gasteiger charge is 2.74. The van der Waals surface area contributed by atoms with Crippen LogP contribution < -0.4 is 5.73 Å². The van der Waals surface area contributed by atoms with Crippen LogP contribution in [0.15, 0.2) is 18.2 Å². The summed E-state index contributed by atoms with van der Waals surface area (Å²) < 4.78 is 18.6. The van der Waals surface area contributed by atoms with Gasteiger partial charge in [0.1, 0.15) is 11.2 Å². The molecule has 1 aromatic carbocycles. The van der Waals surface area contributed by atoms with Crippen LogP contribution in [0.4, 0.5) is 4.39 Å². The van der Waals surface area contributed by atoms with Gasteiger partial charge in [-0.1, -0.05) is 12.1 Å². The van der Waals surface area contributed by atoms with Crippen LogP contribution in [0.1, 0.15) is 24.5 Å². The van der Waals surface area contributed by atoms with Gasteiger partial charge in [-0.3, -0.25) is 9.59 Å². The Balaban J connectivity index is 1.89. The molecule has 5 atom stereocenters. The number of ketones is 1. The largest absolute Gasteiger partial charge is 0.466 e. The van der Waals surface area contributed by atoms with Crippen molar-refractivity contribution >= 4 is 11.8 Å². The summed E-state index contributed by atoms with van der Waals surface area (Å²) in [6.45, 7) is 3.46. The van der Waals surface area contributed by atoms with Crippen LogP contribution in [0.3, 0.4) is 0 Å². The minimum atomic E-state index is -1.26. The van der Waals surface area contributed by atoms with E-state index in [2.05, 4.69) is 6.07 Å². The van der Waals surface area contributed by atoms with E-state index in [1.807, 2.05) is 0 Å². The van der Waals surface area contributed by atoms with E-state index >= 15 is 0 Å². The average molecular weight is 358 g/mol. The fraction of sp³-hybridized carbons (Fsp3) is 0.550. The van der Waals surface area contributed by atoms with Crippen molar-refractivity contribution in [2.24, 2.45) is 34.8 Å². The average Bonchev–Trinajstić information content (AvgIpc) is 3.24. The number of halogens is 1. The molecule has 0 heterocycles. The zero-order chi connectivity index (χ0) is 19.1. The highest BCUT2D eigenvalue weighted by molar-refractivity contribution is 5.93. The van der Waals surface area contributed by atoms with E-state index in [4.69, 9.17) is 10.5 Å². The molecular weight excluding hydrogens is 335 g/mol. The SMILES string of the molecule is CCOC(=O)[C@H]1[C@@H]2C[C@@H](Cc3ccc(F)c(C)c3)[C@](C#N)(C(=O)CN)[C@@H]21. The zero-order valence-electron chi connectivity index (χ0n) is 15.0. The maximum absolute atomic E-state index is 13.5. The van der Waals surface area contributed by atoms with Crippen molar-refractivity contribution in [3.05, 3.63) is 35.1 Å². The number of hydrogen-bond acceptors (Lipinski definition) is 5. The van der Waals surface area contributed by atoms with Crippen molar-refractivity contribution in [3.8, 4) is 6.07 Å². The first-order chi connectivity index (χ1) is 12.4. The van der Waals surface area contributed by atoms with Gasteiger partial charge in [0.25, 0.3) is 0 Å². The van der Waals surface area contributed by atoms with Crippen LogP contribution in [-0.4, -0.2) is 24.9 Å². The predicted molar refractivity (Wildman–Crippen MR) is 92.2 cm³/mol. The molecule has 138 valence electrons. The number of nitrogens with two attached hydrogens (primary N) is 1. The molecule has 6 heteroatoms. The van der Waals surface area contributed by atoms with Crippen LogP contribution in [0, 0.1) is 53.2 Å². The lowest BCUT2D eigenvalue weighted by molar-refractivity contribution is -0.146. The predicted octanol–water partition coefficient (Wildman–Crippen LogP) is 2.16. The molecular formula is C20H23FN2O3. The van der Waals surface area contributed by atoms with Crippen molar-refractivity contribution in [2.75, 3.05) is 13.2 Å². The zero-order valence-corrected chi connectivity index (χ0v) is 15.0. The summed E-state index contributed by atoms with van der Waals surface area (Å²) in [7, 11) is 0. The third-order valence-electron chi connectivity index (χ3n) is 5.99. The molecule has 0 unspecified atom stereocenters. The molecule has 2 aliphatic rings. The molecule has 26 heavy (non-hydrogen) atoms. The van der Waals surface area contributed by atoms with Crippen molar-refractivity contribution < 1.29 is 18.7 Å². The van der Waals surface area contributed by atoms with Gasteiger partial charge in [0.05, 0.1) is 25.1 Å². The van der Waals surface area contributed by atoms with Crippen molar-refractivity contribution in [3.63, 3.8) is 0 Å². The molecule has 2 aliphatic carbocycles. The van der Waals surface area contributed by atoms with E-state index in [-0.39, 0.29) is 48.5 Å². The Kier molecular flexibility index (Phi) is 4.85. The van der Waals surface area contributed by atoms with Crippen molar-refractivity contribution in [1.82, 2.24) is 0 Å². The fourth-order valence-corrected chi connectivity index (χ4v) is 4.81. The summed E-state index contributed by atoms with van der Waals surface area (Å²) in [5, 5.41) is 9.95. The van der Waals surface area contributed by atoms with Gasteiger partial charge in [-0.25, -0.2) is 4.39 Å². The Morgan fingerprint density at radius 2 is 2.19 bits per heavy atom. The molecule has 0 radical (unpaired) electrons. The molecule has 2 fully saturated rings. The molecule has 0 amide bonds. The van der Waals surface area contributed by atoms with E-state index in [1.165, 1.54) is 6.07 Å². The molecule has 5 nitrogen and oxygen atoms in total. The smallest absolute Gasteiger partial charge is 0.309 e. The number of carbonyl (C=O) groups is 2. The first-order valence-electron chi connectivity index (χ1n) is 8.96. The molecule has 3 rings (SSSR count). The summed E-state index contributed by atoms with van der Waals surface area (Å²) >= 11 is 0. The number of nitrogens with zero attached hydrogens (tertiary/aromatic N) is 1. The second kappa shape index (κ2) is 6.81. The fourth-order valence-electron chi connectivity index (χ4n) is 4.81. The quantitative estimate of drug-likeness (QED) is 0.787. The van der Waals surface area contributed by atoms with E-state index in [0.29, 0.717) is 18.4 Å². The van der Waals surface area contributed by atoms with Gasteiger partial charge >= 0.3 is 5.97 Å². The number of aryl methyl sites for hydroxylation is 1. The van der Waals surface area contributed by atoms with Crippen molar-refractivity contribution in [1.29, 1.82) is 5.26 Å². The third kappa shape index (κ3) is 2.71. The van der Waals surface area contributed by atoms with Crippen molar-refractivity contribution in [2.45, 2.75) is 26.7 Å². The highest BCUT2D eigenvalue weighted by atomic mass is 19.1. The molecule has 2 saturated carbocycles. The van der Waals surface area contributed by atoms with Gasteiger partial charge in [-0.2, -0.15) is 5.26 Å². The van der Waals surface area contributed by atoms with Crippen LogP contribution in [-0.2, 0) is 20.7 Å². The Bertz CT molecular complexity index is 788. The molecule has 2 N–H and O–H groups in total. The molecule has 0 saturated heterocycles. The maximum Gasteiger partial charge on any atom is 0.309 e. The molecule has 0 bridgehead atoms.